The van der Waals surface area contributed by atoms with Gasteiger partial charge in [-0.1, -0.05) is 12.1 Å². The van der Waals surface area contributed by atoms with Crippen LogP contribution in [0.5, 0.6) is 0 Å². The number of amides is 2. The highest BCUT2D eigenvalue weighted by Crippen LogP contribution is 2.23. The second-order valence-electron chi connectivity index (χ2n) is 7.93. The van der Waals surface area contributed by atoms with E-state index in [1.54, 1.807) is 25.1 Å². The lowest BCUT2D eigenvalue weighted by atomic mass is 10.1. The molecular weight excluding hydrogens is 427 g/mol. The first kappa shape index (κ1) is 22.1. The van der Waals surface area contributed by atoms with Gasteiger partial charge in [-0.25, -0.2) is 9.18 Å². The lowest BCUT2D eigenvalue weighted by Gasteiger charge is -2.10. The number of aromatic nitrogens is 1. The van der Waals surface area contributed by atoms with Crippen molar-refractivity contribution in [2.45, 2.75) is 20.4 Å². The van der Waals surface area contributed by atoms with Crippen molar-refractivity contribution in [3.8, 4) is 0 Å². The Labute approximate surface area is 189 Å². The van der Waals surface area contributed by atoms with Crippen molar-refractivity contribution >= 4 is 23.6 Å². The van der Waals surface area contributed by atoms with E-state index >= 15 is 0 Å². The van der Waals surface area contributed by atoms with Gasteiger partial charge in [-0.3, -0.25) is 19.3 Å². The number of ketones is 1. The van der Waals surface area contributed by atoms with E-state index in [-0.39, 0.29) is 28.3 Å². The third kappa shape index (κ3) is 4.07. The third-order valence-corrected chi connectivity index (χ3v) is 5.79. The molecular formula is C25H21FN2O5. The molecule has 2 aromatic carbocycles. The van der Waals surface area contributed by atoms with Gasteiger partial charge < -0.3 is 9.30 Å². The molecule has 0 saturated carbocycles. The Hall–Kier alpha value is -4.07. The number of Topliss-reactive ketones (excluding diaryl/α,β-unsaturated/α-hetero) is 1. The van der Waals surface area contributed by atoms with Gasteiger partial charge in [0.05, 0.1) is 16.7 Å². The minimum Gasteiger partial charge on any atom is -0.454 e. The fourth-order valence-corrected chi connectivity index (χ4v) is 3.88. The minimum absolute atomic E-state index is 0.0831. The summed E-state index contributed by atoms with van der Waals surface area (Å²) in [4.78, 5) is 50.3. The highest BCUT2D eigenvalue weighted by atomic mass is 19.1. The van der Waals surface area contributed by atoms with E-state index in [1.165, 1.54) is 37.4 Å². The standard InChI is InChI=1S/C25H21FN2O5/c1-14-10-20(15(2)28(14)12-16-4-7-18(26)8-5-16)22(29)13-33-25(32)17-6-9-19-21(11-17)24(31)27(3)23(19)30/h4-11H,12-13H2,1-3H3. The number of imide groups is 1. The van der Waals surface area contributed by atoms with Gasteiger partial charge in [-0.05, 0) is 55.8 Å². The summed E-state index contributed by atoms with van der Waals surface area (Å²) in [6.07, 6.45) is 0. The van der Waals surface area contributed by atoms with E-state index in [9.17, 15) is 23.6 Å². The molecule has 0 N–H and O–H groups in total. The lowest BCUT2D eigenvalue weighted by Crippen LogP contribution is -2.24. The molecule has 8 heteroatoms. The Balaban J connectivity index is 1.45. The predicted octanol–water partition coefficient (Wildman–Crippen LogP) is 3.56. The number of hydrogen-bond acceptors (Lipinski definition) is 5. The molecule has 0 saturated heterocycles. The number of ether oxygens (including phenoxy) is 1. The maximum atomic E-state index is 13.2. The first-order valence-corrected chi connectivity index (χ1v) is 10.3. The van der Waals surface area contributed by atoms with Crippen molar-refractivity contribution in [2.24, 2.45) is 0 Å². The van der Waals surface area contributed by atoms with Crippen LogP contribution in [0.2, 0.25) is 0 Å². The fourth-order valence-electron chi connectivity index (χ4n) is 3.88. The number of carbonyl (C=O) groups excluding carboxylic acids is 4. The topological polar surface area (TPSA) is 85.7 Å². The molecule has 2 amide bonds. The molecule has 168 valence electrons. The molecule has 0 bridgehead atoms. The molecule has 0 unspecified atom stereocenters. The molecule has 0 spiro atoms. The number of hydrogen-bond donors (Lipinski definition) is 0. The van der Waals surface area contributed by atoms with Gasteiger partial charge in [0.25, 0.3) is 11.8 Å². The van der Waals surface area contributed by atoms with Gasteiger partial charge in [0.1, 0.15) is 5.82 Å². The SMILES string of the molecule is Cc1cc(C(=O)COC(=O)c2ccc3c(c2)C(=O)N(C)C3=O)c(C)n1Cc1ccc(F)cc1. The van der Waals surface area contributed by atoms with Crippen molar-refractivity contribution in [1.82, 2.24) is 9.47 Å². The summed E-state index contributed by atoms with van der Waals surface area (Å²) in [5, 5.41) is 0. The molecule has 2 heterocycles. The van der Waals surface area contributed by atoms with E-state index in [4.69, 9.17) is 4.74 Å². The van der Waals surface area contributed by atoms with E-state index in [0.29, 0.717) is 17.8 Å². The molecule has 3 aromatic rings. The Kier molecular flexibility index (Phi) is 5.68. The van der Waals surface area contributed by atoms with Crippen LogP contribution in [0.1, 0.15) is 58.4 Å². The summed E-state index contributed by atoms with van der Waals surface area (Å²) in [5.41, 5.74) is 3.31. The summed E-state index contributed by atoms with van der Waals surface area (Å²) in [6.45, 7) is 3.66. The number of aryl methyl sites for hydroxylation is 1. The minimum atomic E-state index is -0.763. The Bertz CT molecular complexity index is 1310. The summed E-state index contributed by atoms with van der Waals surface area (Å²) in [5.74, 6) is -2.37. The summed E-state index contributed by atoms with van der Waals surface area (Å²) < 4.78 is 20.3. The van der Waals surface area contributed by atoms with Gasteiger partial charge in [0.15, 0.2) is 6.61 Å². The highest BCUT2D eigenvalue weighted by Gasteiger charge is 2.33. The van der Waals surface area contributed by atoms with Crippen LogP contribution in [0.25, 0.3) is 0 Å². The van der Waals surface area contributed by atoms with E-state index in [2.05, 4.69) is 0 Å². The van der Waals surface area contributed by atoms with Crippen molar-refractivity contribution in [3.05, 3.63) is 93.6 Å². The predicted molar refractivity (Wildman–Crippen MR) is 117 cm³/mol. The molecule has 0 aliphatic carbocycles. The van der Waals surface area contributed by atoms with Gasteiger partial charge in [-0.2, -0.15) is 0 Å². The fraction of sp³-hybridized carbons (Fsp3) is 0.200. The highest BCUT2D eigenvalue weighted by molar-refractivity contribution is 6.21. The van der Waals surface area contributed by atoms with Gasteiger partial charge >= 0.3 is 5.97 Å². The van der Waals surface area contributed by atoms with Crippen LogP contribution in [-0.2, 0) is 11.3 Å². The molecule has 1 aliphatic heterocycles. The van der Waals surface area contributed by atoms with E-state index in [1.807, 2.05) is 11.5 Å². The Morgan fingerprint density at radius 1 is 0.939 bits per heavy atom. The second kappa shape index (κ2) is 8.46. The van der Waals surface area contributed by atoms with Crippen LogP contribution in [0.3, 0.4) is 0 Å². The van der Waals surface area contributed by atoms with E-state index < -0.39 is 24.4 Å². The first-order chi connectivity index (χ1) is 15.7. The third-order valence-electron chi connectivity index (χ3n) is 5.79. The Morgan fingerprint density at radius 2 is 1.61 bits per heavy atom. The molecule has 7 nitrogen and oxygen atoms in total. The van der Waals surface area contributed by atoms with Crippen LogP contribution < -0.4 is 0 Å². The zero-order chi connectivity index (χ0) is 23.9. The average Bonchev–Trinajstić information content (AvgIpc) is 3.21. The number of nitrogens with zero attached hydrogens (tertiary/aromatic N) is 2. The molecule has 0 atom stereocenters. The number of carbonyl (C=O) groups is 4. The van der Waals surface area contributed by atoms with Gasteiger partial charge in [0, 0.05) is 30.5 Å². The number of halogens is 1. The van der Waals surface area contributed by atoms with Crippen LogP contribution in [0.15, 0.2) is 48.5 Å². The molecule has 0 fully saturated rings. The number of esters is 1. The van der Waals surface area contributed by atoms with Crippen LogP contribution >= 0.6 is 0 Å². The zero-order valence-electron chi connectivity index (χ0n) is 18.3. The number of rotatable bonds is 6. The molecule has 1 aromatic heterocycles. The normalized spacial score (nSPS) is 12.8. The van der Waals surface area contributed by atoms with Crippen LogP contribution in [-0.4, -0.2) is 46.7 Å². The average molecular weight is 448 g/mol. The molecule has 33 heavy (non-hydrogen) atoms. The van der Waals surface area contributed by atoms with Crippen LogP contribution in [0, 0.1) is 19.7 Å². The van der Waals surface area contributed by atoms with Gasteiger partial charge in [0.2, 0.25) is 5.78 Å². The maximum absolute atomic E-state index is 13.2. The molecule has 1 aliphatic rings. The lowest BCUT2D eigenvalue weighted by molar-refractivity contribution is 0.0474. The van der Waals surface area contributed by atoms with Crippen molar-refractivity contribution < 1.29 is 28.3 Å². The smallest absolute Gasteiger partial charge is 0.338 e. The van der Waals surface area contributed by atoms with E-state index in [0.717, 1.165) is 16.2 Å². The van der Waals surface area contributed by atoms with Gasteiger partial charge in [-0.15, -0.1) is 0 Å². The monoisotopic (exact) mass is 448 g/mol. The largest absolute Gasteiger partial charge is 0.454 e. The zero-order valence-corrected chi connectivity index (χ0v) is 18.3. The second-order valence-corrected chi connectivity index (χ2v) is 7.93. The Morgan fingerprint density at radius 3 is 2.30 bits per heavy atom. The molecule has 0 radical (unpaired) electrons. The van der Waals surface area contributed by atoms with Crippen LogP contribution in [0.4, 0.5) is 4.39 Å². The first-order valence-electron chi connectivity index (χ1n) is 10.3. The quantitative estimate of drug-likeness (QED) is 0.327. The summed E-state index contributed by atoms with van der Waals surface area (Å²) in [7, 11) is 1.37. The molecule has 4 rings (SSSR count). The number of fused-ring (bicyclic) bond motifs is 1. The maximum Gasteiger partial charge on any atom is 0.338 e. The van der Waals surface area contributed by atoms with Crippen molar-refractivity contribution in [2.75, 3.05) is 13.7 Å². The number of benzene rings is 2. The summed E-state index contributed by atoms with van der Waals surface area (Å²) in [6, 6.07) is 12.0. The van der Waals surface area contributed by atoms with Crippen molar-refractivity contribution in [3.63, 3.8) is 0 Å². The summed E-state index contributed by atoms with van der Waals surface area (Å²) >= 11 is 0. The van der Waals surface area contributed by atoms with Crippen molar-refractivity contribution in [1.29, 1.82) is 0 Å².